The minimum Gasteiger partial charge on any atom is -0.392 e. The van der Waals surface area contributed by atoms with Crippen molar-refractivity contribution < 1.29 is 5.11 Å². The summed E-state index contributed by atoms with van der Waals surface area (Å²) < 4.78 is 0. The molecule has 0 aliphatic carbocycles. The van der Waals surface area contributed by atoms with Crippen molar-refractivity contribution in [2.45, 2.75) is 32.9 Å². The highest BCUT2D eigenvalue weighted by molar-refractivity contribution is 4.91. The van der Waals surface area contributed by atoms with E-state index in [2.05, 4.69) is 18.7 Å². The van der Waals surface area contributed by atoms with Crippen LogP contribution in [0.2, 0.25) is 0 Å². The molecule has 1 fully saturated rings. The molecule has 0 radical (unpaired) electrons. The van der Waals surface area contributed by atoms with Gasteiger partial charge >= 0.3 is 0 Å². The van der Waals surface area contributed by atoms with Crippen molar-refractivity contribution in [3.8, 4) is 0 Å². The van der Waals surface area contributed by atoms with Gasteiger partial charge in [0.2, 0.25) is 0 Å². The van der Waals surface area contributed by atoms with Gasteiger partial charge in [-0.1, -0.05) is 13.8 Å². The van der Waals surface area contributed by atoms with E-state index in [-0.39, 0.29) is 6.10 Å². The van der Waals surface area contributed by atoms with Gasteiger partial charge in [-0.25, -0.2) is 0 Å². The van der Waals surface area contributed by atoms with Gasteiger partial charge in [0.25, 0.3) is 0 Å². The van der Waals surface area contributed by atoms with Gasteiger partial charge in [-0.3, -0.25) is 4.90 Å². The summed E-state index contributed by atoms with van der Waals surface area (Å²) >= 11 is 0. The Hall–Kier alpha value is -0.0800. The van der Waals surface area contributed by atoms with Crippen molar-refractivity contribution in [3.63, 3.8) is 0 Å². The lowest BCUT2D eigenvalue weighted by Crippen LogP contribution is -2.18. The van der Waals surface area contributed by atoms with Crippen LogP contribution >= 0.6 is 0 Å². The Morgan fingerprint density at radius 2 is 2.10 bits per heavy atom. The number of hydrogen-bond acceptors (Lipinski definition) is 2. The molecule has 1 aliphatic heterocycles. The molecule has 1 heterocycles. The molecule has 1 unspecified atom stereocenters. The molecule has 3 atom stereocenters. The van der Waals surface area contributed by atoms with Crippen LogP contribution in [0.3, 0.4) is 0 Å². The van der Waals surface area contributed by atoms with E-state index in [0.717, 1.165) is 18.5 Å². The van der Waals surface area contributed by atoms with E-state index < -0.39 is 0 Å². The molecule has 2 nitrogen and oxygen atoms in total. The van der Waals surface area contributed by atoms with Crippen LogP contribution in [0.4, 0.5) is 0 Å². The van der Waals surface area contributed by atoms with Gasteiger partial charge in [0.1, 0.15) is 0 Å². The predicted molar refractivity (Wildman–Crippen MR) is 41.9 cm³/mol. The van der Waals surface area contributed by atoms with Crippen molar-refractivity contribution in [1.82, 2.24) is 4.90 Å². The van der Waals surface area contributed by atoms with Gasteiger partial charge in [0.05, 0.1) is 6.10 Å². The highest BCUT2D eigenvalue weighted by Gasteiger charge is 2.36. The first-order valence-corrected chi connectivity index (χ1v) is 4.03. The molecule has 0 aromatic rings. The molecule has 1 rings (SSSR count). The first-order chi connectivity index (χ1) is 4.61. The van der Waals surface area contributed by atoms with Crippen LogP contribution in [-0.4, -0.2) is 35.2 Å². The molecule has 0 aromatic carbocycles. The molecule has 1 saturated heterocycles. The quantitative estimate of drug-likeness (QED) is 0.588. The second kappa shape index (κ2) is 2.89. The molecule has 1 N–H and O–H groups in total. The molecule has 2 heteroatoms. The fourth-order valence-electron chi connectivity index (χ4n) is 1.37. The topological polar surface area (TPSA) is 23.2 Å². The summed E-state index contributed by atoms with van der Waals surface area (Å²) in [5.74, 6) is 0.749. The zero-order valence-corrected chi connectivity index (χ0v) is 7.04. The van der Waals surface area contributed by atoms with Crippen LogP contribution in [0, 0.1) is 5.92 Å². The summed E-state index contributed by atoms with van der Waals surface area (Å²) in [6, 6.07) is 0.745. The second-order valence-electron chi connectivity index (χ2n) is 3.61. The van der Waals surface area contributed by atoms with Gasteiger partial charge in [0.15, 0.2) is 0 Å². The summed E-state index contributed by atoms with van der Waals surface area (Å²) in [6.07, 6.45) is -0.163. The van der Waals surface area contributed by atoms with E-state index in [9.17, 15) is 0 Å². The number of aliphatic hydroxyl groups excluding tert-OH is 1. The first-order valence-electron chi connectivity index (χ1n) is 4.03. The van der Waals surface area contributed by atoms with Crippen molar-refractivity contribution >= 4 is 0 Å². The van der Waals surface area contributed by atoms with Crippen molar-refractivity contribution in [1.29, 1.82) is 0 Å². The molecular formula is C8H17NO. The number of aliphatic hydroxyl groups is 1. The summed E-state index contributed by atoms with van der Waals surface area (Å²) in [4.78, 5) is 2.31. The minimum atomic E-state index is -0.163. The Balaban J connectivity index is 2.13. The molecule has 60 valence electrons. The number of rotatable bonds is 3. The summed E-state index contributed by atoms with van der Waals surface area (Å²) in [5, 5.41) is 9.02. The zero-order valence-electron chi connectivity index (χ0n) is 7.04. The van der Waals surface area contributed by atoms with Crippen molar-refractivity contribution in [2.24, 2.45) is 5.92 Å². The SMILES string of the molecule is CC(C)[C@H]1CN1C[C@@H](C)O. The van der Waals surface area contributed by atoms with Crippen molar-refractivity contribution in [2.75, 3.05) is 13.1 Å². The van der Waals surface area contributed by atoms with Crippen molar-refractivity contribution in [3.05, 3.63) is 0 Å². The lowest BCUT2D eigenvalue weighted by atomic mass is 10.1. The van der Waals surface area contributed by atoms with E-state index in [0.29, 0.717) is 0 Å². The predicted octanol–water partition coefficient (Wildman–Crippen LogP) is 0.707. The van der Waals surface area contributed by atoms with Crippen LogP contribution in [0.25, 0.3) is 0 Å². The fraction of sp³-hybridized carbons (Fsp3) is 1.00. The smallest absolute Gasteiger partial charge is 0.0639 e. The van der Waals surface area contributed by atoms with E-state index in [1.807, 2.05) is 6.92 Å². The van der Waals surface area contributed by atoms with E-state index in [1.54, 1.807) is 0 Å². The van der Waals surface area contributed by atoms with Crippen LogP contribution < -0.4 is 0 Å². The molecule has 0 amide bonds. The molecule has 0 saturated carbocycles. The highest BCUT2D eigenvalue weighted by Crippen LogP contribution is 2.24. The lowest BCUT2D eigenvalue weighted by Gasteiger charge is -2.07. The Kier molecular flexibility index (Phi) is 2.32. The van der Waals surface area contributed by atoms with Gasteiger partial charge < -0.3 is 5.11 Å². The third-order valence-electron chi connectivity index (χ3n) is 2.03. The maximum Gasteiger partial charge on any atom is 0.0639 e. The van der Waals surface area contributed by atoms with Gasteiger partial charge in [-0.15, -0.1) is 0 Å². The molecule has 0 spiro atoms. The largest absolute Gasteiger partial charge is 0.392 e. The number of β-amino-alcohol motifs (C(OH)–C–C–N with tert-alkyl or cyclic N) is 1. The van der Waals surface area contributed by atoms with E-state index >= 15 is 0 Å². The average molecular weight is 143 g/mol. The van der Waals surface area contributed by atoms with E-state index in [4.69, 9.17) is 5.11 Å². The standard InChI is InChI=1S/C8H17NO/c1-6(2)8-5-9(8)4-7(3)10/h6-8,10H,4-5H2,1-3H3/t7-,8-,9?/m1/s1. The van der Waals surface area contributed by atoms with Crippen LogP contribution in [0.5, 0.6) is 0 Å². The Labute approximate surface area is 62.8 Å². The average Bonchev–Trinajstić information content (AvgIpc) is 2.43. The fourth-order valence-corrected chi connectivity index (χ4v) is 1.37. The Morgan fingerprint density at radius 3 is 2.40 bits per heavy atom. The lowest BCUT2D eigenvalue weighted by molar-refractivity contribution is 0.166. The Morgan fingerprint density at radius 1 is 1.50 bits per heavy atom. The molecule has 10 heavy (non-hydrogen) atoms. The number of hydrogen-bond donors (Lipinski definition) is 1. The minimum absolute atomic E-state index is 0.163. The zero-order chi connectivity index (χ0) is 7.72. The third kappa shape index (κ3) is 1.96. The van der Waals surface area contributed by atoms with Gasteiger partial charge in [-0.2, -0.15) is 0 Å². The highest BCUT2D eigenvalue weighted by atomic mass is 16.3. The summed E-state index contributed by atoms with van der Waals surface area (Å²) in [6.45, 7) is 8.33. The monoisotopic (exact) mass is 143 g/mol. The summed E-state index contributed by atoms with van der Waals surface area (Å²) in [5.41, 5.74) is 0. The molecular weight excluding hydrogens is 126 g/mol. The maximum atomic E-state index is 9.02. The van der Waals surface area contributed by atoms with Crippen LogP contribution in [-0.2, 0) is 0 Å². The molecule has 0 bridgehead atoms. The first kappa shape index (κ1) is 8.02. The number of nitrogens with zero attached hydrogens (tertiary/aromatic N) is 1. The summed E-state index contributed by atoms with van der Waals surface area (Å²) in [7, 11) is 0. The molecule has 0 aromatic heterocycles. The Bertz CT molecular complexity index is 112. The van der Waals surface area contributed by atoms with E-state index in [1.165, 1.54) is 6.54 Å². The molecule has 1 aliphatic rings. The van der Waals surface area contributed by atoms with Gasteiger partial charge in [-0.05, 0) is 12.8 Å². The normalized spacial score (nSPS) is 34.5. The second-order valence-corrected chi connectivity index (χ2v) is 3.61. The van der Waals surface area contributed by atoms with Crippen LogP contribution in [0.15, 0.2) is 0 Å². The third-order valence-corrected chi connectivity index (χ3v) is 2.03. The van der Waals surface area contributed by atoms with Crippen LogP contribution in [0.1, 0.15) is 20.8 Å². The maximum absolute atomic E-state index is 9.02. The van der Waals surface area contributed by atoms with Gasteiger partial charge in [0, 0.05) is 19.1 Å².